The van der Waals surface area contributed by atoms with E-state index in [4.69, 9.17) is 11.6 Å². The average Bonchev–Trinajstić information content (AvgIpc) is 2.05. The Labute approximate surface area is 70.2 Å². The normalized spacial score (nSPS) is 9.64. The lowest BCUT2D eigenvalue weighted by Gasteiger charge is -2.01. The predicted octanol–water partition coefficient (Wildman–Crippen LogP) is 3.13. The van der Waals surface area contributed by atoms with Gasteiger partial charge in [-0.15, -0.1) is 16.5 Å². The van der Waals surface area contributed by atoms with Gasteiger partial charge in [-0.2, -0.15) is 0 Å². The van der Waals surface area contributed by atoms with Crippen LogP contribution in [0.1, 0.15) is 11.1 Å². The number of nitroso groups, excluding NO2 is 1. The van der Waals surface area contributed by atoms with Crippen molar-refractivity contribution in [3.63, 3.8) is 0 Å². The van der Waals surface area contributed by atoms with Crippen LogP contribution in [0.15, 0.2) is 23.4 Å². The maximum atomic E-state index is 10.2. The quantitative estimate of drug-likeness (QED) is 0.494. The van der Waals surface area contributed by atoms with Gasteiger partial charge in [-0.05, 0) is 29.3 Å². The molecule has 0 atom stereocenters. The van der Waals surface area contributed by atoms with Crippen LogP contribution in [0.25, 0.3) is 0 Å². The van der Waals surface area contributed by atoms with Gasteiger partial charge in [0.25, 0.3) is 0 Å². The molecule has 1 aromatic carbocycles. The monoisotopic (exact) mass is 169 g/mol. The number of rotatable bonds is 2. The molecule has 0 heterocycles. The van der Waals surface area contributed by atoms with Crippen molar-refractivity contribution in [2.45, 2.75) is 12.8 Å². The van der Waals surface area contributed by atoms with Gasteiger partial charge in [0, 0.05) is 5.88 Å². The third-order valence-corrected chi connectivity index (χ3v) is 1.95. The van der Waals surface area contributed by atoms with E-state index in [1.165, 1.54) is 0 Å². The molecule has 0 bridgehead atoms. The van der Waals surface area contributed by atoms with E-state index < -0.39 is 0 Å². The second kappa shape index (κ2) is 3.49. The number of hydrogen-bond acceptors (Lipinski definition) is 2. The molecule has 3 heteroatoms. The Kier molecular flexibility index (Phi) is 2.60. The molecule has 11 heavy (non-hydrogen) atoms. The predicted molar refractivity (Wildman–Crippen MR) is 46.2 cm³/mol. The van der Waals surface area contributed by atoms with Gasteiger partial charge in [-0.25, -0.2) is 0 Å². The first kappa shape index (κ1) is 8.21. The highest BCUT2D eigenvalue weighted by Gasteiger charge is 2.01. The van der Waals surface area contributed by atoms with Crippen molar-refractivity contribution in [2.75, 3.05) is 0 Å². The molecular formula is C8H8ClNO. The van der Waals surface area contributed by atoms with E-state index >= 15 is 0 Å². The summed E-state index contributed by atoms with van der Waals surface area (Å²) in [6.45, 7) is 1.84. The van der Waals surface area contributed by atoms with Crippen molar-refractivity contribution in [2.24, 2.45) is 5.18 Å². The van der Waals surface area contributed by atoms with Gasteiger partial charge >= 0.3 is 0 Å². The summed E-state index contributed by atoms with van der Waals surface area (Å²) in [6, 6.07) is 5.34. The molecule has 0 fully saturated rings. The van der Waals surface area contributed by atoms with Crippen molar-refractivity contribution < 1.29 is 0 Å². The summed E-state index contributed by atoms with van der Waals surface area (Å²) in [5.74, 6) is 0.426. The van der Waals surface area contributed by atoms with Crippen LogP contribution >= 0.6 is 11.6 Å². The molecule has 58 valence electrons. The third-order valence-electron chi connectivity index (χ3n) is 1.66. The maximum absolute atomic E-state index is 10.2. The molecule has 1 rings (SSSR count). The largest absolute Gasteiger partial charge is 0.145 e. The van der Waals surface area contributed by atoms with E-state index in [1.54, 1.807) is 12.1 Å². The molecular weight excluding hydrogens is 162 g/mol. The van der Waals surface area contributed by atoms with Crippen LogP contribution in [0.2, 0.25) is 0 Å². The minimum absolute atomic E-state index is 0.426. The summed E-state index contributed by atoms with van der Waals surface area (Å²) in [4.78, 5) is 10.2. The second-order valence-corrected chi connectivity index (χ2v) is 2.55. The second-order valence-electron chi connectivity index (χ2n) is 2.29. The van der Waals surface area contributed by atoms with E-state index in [9.17, 15) is 4.91 Å². The Morgan fingerprint density at radius 3 is 2.82 bits per heavy atom. The van der Waals surface area contributed by atoms with E-state index in [1.807, 2.05) is 13.0 Å². The molecule has 0 aliphatic rings. The molecule has 0 radical (unpaired) electrons. The van der Waals surface area contributed by atoms with Crippen molar-refractivity contribution >= 4 is 17.3 Å². The number of halogens is 1. The van der Waals surface area contributed by atoms with Crippen LogP contribution in [0.4, 0.5) is 5.69 Å². The summed E-state index contributed by atoms with van der Waals surface area (Å²) in [7, 11) is 0. The number of hydrogen-bond donors (Lipinski definition) is 0. The summed E-state index contributed by atoms with van der Waals surface area (Å²) < 4.78 is 0. The fourth-order valence-corrected chi connectivity index (χ4v) is 1.20. The standard InChI is InChI=1S/C8H8ClNO/c1-6-7(5-9)3-2-4-8(6)10-11/h2-4H,5H2,1H3. The first-order valence-electron chi connectivity index (χ1n) is 3.27. The lowest BCUT2D eigenvalue weighted by atomic mass is 10.1. The number of nitrogens with zero attached hydrogens (tertiary/aromatic N) is 1. The average molecular weight is 170 g/mol. The highest BCUT2D eigenvalue weighted by molar-refractivity contribution is 6.17. The summed E-state index contributed by atoms with van der Waals surface area (Å²) in [5, 5.41) is 2.87. The lowest BCUT2D eigenvalue weighted by Crippen LogP contribution is -1.83. The molecule has 0 amide bonds. The summed E-state index contributed by atoms with van der Waals surface area (Å²) >= 11 is 5.62. The van der Waals surface area contributed by atoms with E-state index in [0.717, 1.165) is 11.1 Å². The molecule has 0 aromatic heterocycles. The molecule has 0 spiro atoms. The smallest absolute Gasteiger partial charge is 0.111 e. The highest BCUT2D eigenvalue weighted by atomic mass is 35.5. The Bertz CT molecular complexity index is 273. The Morgan fingerprint density at radius 2 is 2.27 bits per heavy atom. The van der Waals surface area contributed by atoms with Crippen molar-refractivity contribution in [1.29, 1.82) is 0 Å². The molecule has 0 saturated carbocycles. The fourth-order valence-electron chi connectivity index (χ4n) is 0.914. The molecule has 2 nitrogen and oxygen atoms in total. The molecule has 0 aliphatic carbocycles. The fraction of sp³-hybridized carbons (Fsp3) is 0.250. The molecule has 0 aliphatic heterocycles. The van der Waals surface area contributed by atoms with Crippen molar-refractivity contribution in [1.82, 2.24) is 0 Å². The van der Waals surface area contributed by atoms with E-state index in [2.05, 4.69) is 5.18 Å². The molecule has 0 saturated heterocycles. The lowest BCUT2D eigenvalue weighted by molar-refractivity contribution is 1.27. The summed E-state index contributed by atoms with van der Waals surface area (Å²) in [6.07, 6.45) is 0. The van der Waals surface area contributed by atoms with Gasteiger partial charge in [-0.3, -0.25) is 0 Å². The number of benzene rings is 1. The van der Waals surface area contributed by atoms with Crippen LogP contribution in [-0.4, -0.2) is 0 Å². The van der Waals surface area contributed by atoms with Crippen molar-refractivity contribution in [3.05, 3.63) is 34.2 Å². The van der Waals surface area contributed by atoms with Gasteiger partial charge in [0.1, 0.15) is 5.69 Å². The van der Waals surface area contributed by atoms with Crippen molar-refractivity contribution in [3.8, 4) is 0 Å². The van der Waals surface area contributed by atoms with E-state index in [0.29, 0.717) is 11.6 Å². The molecule has 1 aromatic rings. The Hall–Kier alpha value is -0.890. The SMILES string of the molecule is Cc1c(CCl)cccc1N=O. The Balaban J connectivity index is 3.20. The van der Waals surface area contributed by atoms with Gasteiger partial charge in [0.05, 0.1) is 0 Å². The van der Waals surface area contributed by atoms with Crippen LogP contribution in [0, 0.1) is 11.8 Å². The molecule has 0 unspecified atom stereocenters. The van der Waals surface area contributed by atoms with Gasteiger partial charge in [0.15, 0.2) is 0 Å². The molecule has 0 N–H and O–H groups in total. The zero-order chi connectivity index (χ0) is 8.27. The first-order chi connectivity index (χ1) is 5.29. The maximum Gasteiger partial charge on any atom is 0.111 e. The van der Waals surface area contributed by atoms with Gasteiger partial charge in [-0.1, -0.05) is 12.1 Å². The zero-order valence-electron chi connectivity index (χ0n) is 6.17. The minimum Gasteiger partial charge on any atom is -0.145 e. The van der Waals surface area contributed by atoms with Gasteiger partial charge < -0.3 is 0 Å². The minimum atomic E-state index is 0.426. The third kappa shape index (κ3) is 1.57. The van der Waals surface area contributed by atoms with Crippen LogP contribution in [0.3, 0.4) is 0 Å². The zero-order valence-corrected chi connectivity index (χ0v) is 6.93. The first-order valence-corrected chi connectivity index (χ1v) is 3.81. The van der Waals surface area contributed by atoms with Crippen LogP contribution < -0.4 is 0 Å². The highest BCUT2D eigenvalue weighted by Crippen LogP contribution is 2.22. The van der Waals surface area contributed by atoms with E-state index in [-0.39, 0.29) is 0 Å². The topological polar surface area (TPSA) is 29.4 Å². The Morgan fingerprint density at radius 1 is 1.55 bits per heavy atom. The number of alkyl halides is 1. The van der Waals surface area contributed by atoms with Crippen LogP contribution in [-0.2, 0) is 5.88 Å². The summed E-state index contributed by atoms with van der Waals surface area (Å²) in [5.41, 5.74) is 2.31. The van der Waals surface area contributed by atoms with Gasteiger partial charge in [0.2, 0.25) is 0 Å². The van der Waals surface area contributed by atoms with Crippen LogP contribution in [0.5, 0.6) is 0 Å².